The fourth-order valence-electron chi connectivity index (χ4n) is 2.10. The molecule has 0 saturated heterocycles. The number of unbranched alkanes of at least 4 members (excludes halogenated alkanes) is 9. The molecule has 2 N–H and O–H groups in total. The lowest BCUT2D eigenvalue weighted by molar-refractivity contribution is -0.134. The van der Waals surface area contributed by atoms with Crippen LogP contribution >= 0.6 is 0 Å². The molecule has 23 heavy (non-hydrogen) atoms. The van der Waals surface area contributed by atoms with Gasteiger partial charge in [0, 0.05) is 13.5 Å². The first-order chi connectivity index (χ1) is 11.1. The number of hydrogen-bond donors (Lipinski definition) is 2. The lowest BCUT2D eigenvalue weighted by atomic mass is 10.1. The van der Waals surface area contributed by atoms with Gasteiger partial charge in [0.15, 0.2) is 0 Å². The summed E-state index contributed by atoms with van der Waals surface area (Å²) in [7, 11) is 0. The third kappa shape index (κ3) is 33.6. The van der Waals surface area contributed by atoms with E-state index in [9.17, 15) is 0 Å². The van der Waals surface area contributed by atoms with Crippen LogP contribution in [0.4, 0.5) is 0 Å². The molecule has 0 bridgehead atoms. The Hall–Kier alpha value is -1.09. The van der Waals surface area contributed by atoms with E-state index in [1.807, 2.05) is 0 Å². The molecule has 0 aliphatic heterocycles. The van der Waals surface area contributed by atoms with Crippen molar-refractivity contribution in [1.29, 1.82) is 0 Å². The van der Waals surface area contributed by atoms with Gasteiger partial charge in [-0.2, -0.15) is 0 Å². The normalized spacial score (nSPS) is 10.9. The number of aliphatic hydroxyl groups excluding tert-OH is 1. The molecule has 0 unspecified atom stereocenters. The quantitative estimate of drug-likeness (QED) is 0.309. The topological polar surface area (TPSA) is 57.5 Å². The highest BCUT2D eigenvalue weighted by Crippen LogP contribution is 2.09. The summed E-state index contributed by atoms with van der Waals surface area (Å²) >= 11 is 0. The van der Waals surface area contributed by atoms with Crippen molar-refractivity contribution in [3.8, 4) is 0 Å². The van der Waals surface area contributed by atoms with Crippen LogP contribution in [-0.2, 0) is 4.79 Å². The molecule has 3 nitrogen and oxygen atoms in total. The maximum absolute atomic E-state index is 9.00. The minimum Gasteiger partial charge on any atom is -0.481 e. The van der Waals surface area contributed by atoms with Gasteiger partial charge < -0.3 is 10.2 Å². The fraction of sp³-hybridized carbons (Fsp3) is 0.750. The molecule has 0 heterocycles. The Labute approximate surface area is 143 Å². The van der Waals surface area contributed by atoms with E-state index in [1.54, 1.807) is 0 Å². The van der Waals surface area contributed by atoms with E-state index < -0.39 is 5.97 Å². The number of carboxylic acid groups (broad SMARTS) is 1. The Balaban J connectivity index is 0. The van der Waals surface area contributed by atoms with Gasteiger partial charge in [-0.15, -0.1) is 0 Å². The van der Waals surface area contributed by atoms with Crippen LogP contribution < -0.4 is 0 Å². The number of hydrogen-bond acceptors (Lipinski definition) is 2. The first-order valence-electron chi connectivity index (χ1n) is 9.25. The first-order valence-corrected chi connectivity index (χ1v) is 9.25. The number of carboxylic acids is 1. The fourth-order valence-corrected chi connectivity index (χ4v) is 2.10. The zero-order valence-corrected chi connectivity index (χ0v) is 15.3. The van der Waals surface area contributed by atoms with Crippen LogP contribution in [0, 0.1) is 0 Å². The Morgan fingerprint density at radius 1 is 0.739 bits per heavy atom. The monoisotopic (exact) mass is 326 g/mol. The minimum atomic E-state index is -0.833. The molecule has 0 aromatic rings. The van der Waals surface area contributed by atoms with Crippen molar-refractivity contribution in [2.45, 2.75) is 90.9 Å². The van der Waals surface area contributed by atoms with Crippen LogP contribution in [0.5, 0.6) is 0 Å². The lowest BCUT2D eigenvalue weighted by Crippen LogP contribution is -1.80. The lowest BCUT2D eigenvalue weighted by Gasteiger charge is -1.99. The molecule has 0 radical (unpaired) electrons. The predicted molar refractivity (Wildman–Crippen MR) is 99.8 cm³/mol. The van der Waals surface area contributed by atoms with Crippen molar-refractivity contribution in [3.63, 3.8) is 0 Å². The highest BCUT2D eigenvalue weighted by atomic mass is 16.4. The third-order valence-electron chi connectivity index (χ3n) is 3.35. The van der Waals surface area contributed by atoms with Crippen molar-refractivity contribution in [3.05, 3.63) is 24.3 Å². The third-order valence-corrected chi connectivity index (χ3v) is 3.35. The van der Waals surface area contributed by atoms with Crippen molar-refractivity contribution >= 4 is 5.97 Å². The van der Waals surface area contributed by atoms with Gasteiger partial charge in [0.25, 0.3) is 5.97 Å². The average molecular weight is 327 g/mol. The van der Waals surface area contributed by atoms with Gasteiger partial charge in [-0.1, -0.05) is 69.8 Å². The molecule has 136 valence electrons. The molecule has 0 aromatic heterocycles. The molecule has 3 heteroatoms. The predicted octanol–water partition coefficient (Wildman–Crippen LogP) is 5.88. The summed E-state index contributed by atoms with van der Waals surface area (Å²) < 4.78 is 0. The Morgan fingerprint density at radius 3 is 1.48 bits per heavy atom. The van der Waals surface area contributed by atoms with E-state index in [4.69, 9.17) is 15.0 Å². The van der Waals surface area contributed by atoms with E-state index in [-0.39, 0.29) is 6.61 Å². The maximum atomic E-state index is 9.00. The molecular weight excluding hydrogens is 288 g/mol. The molecule has 0 atom stereocenters. The minimum absolute atomic E-state index is 0.281. The van der Waals surface area contributed by atoms with Gasteiger partial charge in [-0.3, -0.25) is 4.79 Å². The van der Waals surface area contributed by atoms with Crippen molar-refractivity contribution in [1.82, 2.24) is 0 Å². The summed E-state index contributed by atoms with van der Waals surface area (Å²) in [5.74, 6) is -0.833. The Morgan fingerprint density at radius 2 is 1.09 bits per heavy atom. The largest absolute Gasteiger partial charge is 0.481 e. The molecule has 0 aliphatic carbocycles. The average Bonchev–Trinajstić information content (AvgIpc) is 2.50. The Bertz CT molecular complexity index is 279. The van der Waals surface area contributed by atoms with Gasteiger partial charge in [-0.05, 0) is 38.5 Å². The summed E-state index contributed by atoms with van der Waals surface area (Å²) in [5, 5.41) is 16.0. The second-order valence-electron chi connectivity index (χ2n) is 5.82. The molecule has 0 rings (SSSR count). The number of aliphatic carboxylic acids is 1. The smallest absolute Gasteiger partial charge is 0.300 e. The highest BCUT2D eigenvalue weighted by molar-refractivity contribution is 5.62. The Kier molecular flexibility index (Phi) is 24.4. The van der Waals surface area contributed by atoms with Gasteiger partial charge in [-0.25, -0.2) is 0 Å². The van der Waals surface area contributed by atoms with Crippen LogP contribution in [0.1, 0.15) is 90.9 Å². The molecule has 0 fully saturated rings. The maximum Gasteiger partial charge on any atom is 0.300 e. The van der Waals surface area contributed by atoms with Crippen LogP contribution in [0.3, 0.4) is 0 Å². The second kappa shape index (κ2) is 23.2. The summed E-state index contributed by atoms with van der Waals surface area (Å²) in [6, 6.07) is 0. The molecule has 0 spiro atoms. The number of carbonyl (C=O) groups is 1. The number of allylic oxidation sites excluding steroid dienone is 3. The summed E-state index contributed by atoms with van der Waals surface area (Å²) in [6.07, 6.45) is 24.4. The van der Waals surface area contributed by atoms with Gasteiger partial charge in [0.2, 0.25) is 0 Å². The zero-order chi connectivity index (χ0) is 17.6. The SMILES string of the molecule is CC(=O)O.CCCC/C=C\CCCCCCCC/C=C/CCO. The second-order valence-corrected chi connectivity index (χ2v) is 5.82. The van der Waals surface area contributed by atoms with E-state index in [0.717, 1.165) is 13.3 Å². The van der Waals surface area contributed by atoms with Gasteiger partial charge >= 0.3 is 0 Å². The number of rotatable bonds is 14. The standard InChI is InChI=1S/C18H34O.C2H4O2/c1-2-3-4-5-6-7-8-9-10-11-12-13-14-15-16-17-18-19;1-2(3)4/h5-6,15-16,19H,2-4,7-14,17-18H2,1H3;1H3,(H,3,4)/b6-5-,16-15+;. The highest BCUT2D eigenvalue weighted by Gasteiger charge is 1.90. The van der Waals surface area contributed by atoms with E-state index in [0.29, 0.717) is 0 Å². The summed E-state index contributed by atoms with van der Waals surface area (Å²) in [5.41, 5.74) is 0. The molecule has 0 amide bonds. The van der Waals surface area contributed by atoms with Gasteiger partial charge in [0.05, 0.1) is 0 Å². The van der Waals surface area contributed by atoms with E-state index in [2.05, 4.69) is 31.2 Å². The van der Waals surface area contributed by atoms with Crippen LogP contribution in [0.25, 0.3) is 0 Å². The zero-order valence-electron chi connectivity index (χ0n) is 15.3. The van der Waals surface area contributed by atoms with Crippen molar-refractivity contribution in [2.75, 3.05) is 6.61 Å². The number of aliphatic hydroxyl groups is 1. The first kappa shape index (κ1) is 24.2. The molecule has 0 saturated carbocycles. The van der Waals surface area contributed by atoms with Crippen LogP contribution in [0.15, 0.2) is 24.3 Å². The van der Waals surface area contributed by atoms with Crippen LogP contribution in [-0.4, -0.2) is 22.8 Å². The van der Waals surface area contributed by atoms with Crippen LogP contribution in [0.2, 0.25) is 0 Å². The van der Waals surface area contributed by atoms with Crippen molar-refractivity contribution < 1.29 is 15.0 Å². The van der Waals surface area contributed by atoms with E-state index >= 15 is 0 Å². The summed E-state index contributed by atoms with van der Waals surface area (Å²) in [4.78, 5) is 9.00. The molecule has 0 aliphatic rings. The summed E-state index contributed by atoms with van der Waals surface area (Å²) in [6.45, 7) is 3.61. The van der Waals surface area contributed by atoms with Gasteiger partial charge in [0.1, 0.15) is 0 Å². The van der Waals surface area contributed by atoms with E-state index in [1.165, 1.54) is 70.6 Å². The van der Waals surface area contributed by atoms with Crippen molar-refractivity contribution in [2.24, 2.45) is 0 Å². The molecule has 0 aromatic carbocycles. The molecular formula is C20H38O3.